The van der Waals surface area contributed by atoms with Crippen LogP contribution in [0.3, 0.4) is 0 Å². The first-order chi connectivity index (χ1) is 19.5. The Hall–Kier alpha value is -4.64. The summed E-state index contributed by atoms with van der Waals surface area (Å²) in [6.45, 7) is 7.15. The molecule has 2 heterocycles. The Bertz CT molecular complexity index is 1390. The third-order valence-electron chi connectivity index (χ3n) is 6.87. The number of nitrogens with one attached hydrogen (secondary N) is 2. The largest absolute Gasteiger partial charge is 0.370 e. The van der Waals surface area contributed by atoms with Crippen molar-refractivity contribution in [2.24, 2.45) is 0 Å². The summed E-state index contributed by atoms with van der Waals surface area (Å²) in [5.41, 5.74) is 5.27. The van der Waals surface area contributed by atoms with Gasteiger partial charge in [0, 0.05) is 36.6 Å². The summed E-state index contributed by atoms with van der Waals surface area (Å²) in [6.07, 6.45) is 5.06. The van der Waals surface area contributed by atoms with E-state index in [0.29, 0.717) is 18.7 Å². The first-order valence-electron chi connectivity index (χ1n) is 13.7. The second kappa shape index (κ2) is 13.9. The predicted molar refractivity (Wildman–Crippen MR) is 158 cm³/mol. The van der Waals surface area contributed by atoms with Gasteiger partial charge in [0.25, 0.3) is 0 Å². The summed E-state index contributed by atoms with van der Waals surface area (Å²) in [7, 11) is 0. The van der Waals surface area contributed by atoms with Crippen LogP contribution in [0, 0.1) is 25.2 Å². The molecule has 0 bridgehead atoms. The molecular formula is C32H36N6O2. The van der Waals surface area contributed by atoms with Gasteiger partial charge >= 0.3 is 6.03 Å². The zero-order chi connectivity index (χ0) is 28.3. The maximum absolute atomic E-state index is 13.7. The number of anilines is 2. The summed E-state index contributed by atoms with van der Waals surface area (Å²) in [6, 6.07) is 23.5. The Morgan fingerprint density at radius 1 is 1.05 bits per heavy atom. The minimum absolute atomic E-state index is 0.0152. The molecule has 8 nitrogen and oxygen atoms in total. The number of carbonyl (C=O) groups excluding carboxylic acids is 1. The zero-order valence-electron chi connectivity index (χ0n) is 23.4. The van der Waals surface area contributed by atoms with Crippen molar-refractivity contribution in [2.45, 2.75) is 59.0 Å². The van der Waals surface area contributed by atoms with Gasteiger partial charge in [0.05, 0.1) is 11.3 Å². The highest BCUT2D eigenvalue weighted by molar-refractivity contribution is 5.93. The first-order valence-corrected chi connectivity index (χ1v) is 13.7. The average molecular weight is 537 g/mol. The number of aryl methyl sites for hydroxylation is 2. The summed E-state index contributed by atoms with van der Waals surface area (Å²) >= 11 is 0. The fourth-order valence-corrected chi connectivity index (χ4v) is 4.89. The zero-order valence-corrected chi connectivity index (χ0v) is 23.4. The van der Waals surface area contributed by atoms with Crippen LogP contribution in [0.15, 0.2) is 77.4 Å². The van der Waals surface area contributed by atoms with Crippen molar-refractivity contribution in [1.82, 2.24) is 15.5 Å². The molecule has 2 amide bonds. The lowest BCUT2D eigenvalue weighted by Crippen LogP contribution is -2.46. The second-order valence-electron chi connectivity index (χ2n) is 9.82. The van der Waals surface area contributed by atoms with E-state index in [0.717, 1.165) is 65.3 Å². The summed E-state index contributed by atoms with van der Waals surface area (Å²) in [5, 5.41) is 19.5. The van der Waals surface area contributed by atoms with Gasteiger partial charge in [0.1, 0.15) is 17.6 Å². The molecule has 4 aromatic rings. The van der Waals surface area contributed by atoms with Crippen LogP contribution >= 0.6 is 0 Å². The van der Waals surface area contributed by atoms with Crippen molar-refractivity contribution >= 4 is 17.5 Å². The summed E-state index contributed by atoms with van der Waals surface area (Å²) in [5.74, 6) is 1.51. The van der Waals surface area contributed by atoms with Gasteiger partial charge in [0.15, 0.2) is 0 Å². The Labute approximate surface area is 236 Å². The number of rotatable bonds is 12. The normalized spacial score (nSPS) is 11.4. The van der Waals surface area contributed by atoms with Gasteiger partial charge in [0.2, 0.25) is 0 Å². The van der Waals surface area contributed by atoms with E-state index in [1.807, 2.05) is 79.4 Å². The molecule has 8 heteroatoms. The first kappa shape index (κ1) is 28.4. The second-order valence-corrected chi connectivity index (χ2v) is 9.82. The van der Waals surface area contributed by atoms with Crippen LogP contribution in [-0.2, 0) is 6.54 Å². The quantitative estimate of drug-likeness (QED) is 0.189. The highest BCUT2D eigenvalue weighted by Gasteiger charge is 2.25. The van der Waals surface area contributed by atoms with E-state index in [4.69, 9.17) is 9.78 Å². The van der Waals surface area contributed by atoms with Crippen LogP contribution in [0.25, 0.3) is 11.1 Å². The molecule has 0 radical (unpaired) electrons. The van der Waals surface area contributed by atoms with Crippen LogP contribution in [0.4, 0.5) is 16.3 Å². The fraction of sp³-hybridized carbons (Fsp3) is 0.312. The van der Waals surface area contributed by atoms with Gasteiger partial charge in [-0.25, -0.2) is 9.78 Å². The lowest BCUT2D eigenvalue weighted by Gasteiger charge is -2.32. The molecule has 1 atom stereocenters. The molecule has 2 aromatic heterocycles. The number of urea groups is 1. The van der Waals surface area contributed by atoms with E-state index in [9.17, 15) is 4.79 Å². The maximum atomic E-state index is 13.7. The molecule has 4 rings (SSSR count). The number of amides is 2. The van der Waals surface area contributed by atoms with E-state index in [2.05, 4.69) is 33.8 Å². The van der Waals surface area contributed by atoms with Gasteiger partial charge in [-0.2, -0.15) is 5.26 Å². The van der Waals surface area contributed by atoms with Gasteiger partial charge < -0.3 is 15.2 Å². The summed E-state index contributed by atoms with van der Waals surface area (Å²) < 4.78 is 5.36. The van der Waals surface area contributed by atoms with E-state index in [1.165, 1.54) is 0 Å². The SMILES string of the molecule is CCC[C@H](CCCNc1ccc(C#N)cn1)N(C(=O)NCc1ccccc1)c1ccc(-c2c(C)noc2C)cc1. The Kier molecular flexibility index (Phi) is 9.89. The Morgan fingerprint density at radius 2 is 1.82 bits per heavy atom. The number of aromatic nitrogens is 2. The molecule has 0 saturated heterocycles. The molecule has 0 unspecified atom stereocenters. The Balaban J connectivity index is 1.51. The van der Waals surface area contributed by atoms with Gasteiger partial charge in [-0.3, -0.25) is 4.90 Å². The number of nitrogens with zero attached hydrogens (tertiary/aromatic N) is 4. The molecule has 0 fully saturated rings. The van der Waals surface area contributed by atoms with E-state index < -0.39 is 0 Å². The molecular weight excluding hydrogens is 500 g/mol. The van der Waals surface area contributed by atoms with Crippen LogP contribution in [0.5, 0.6) is 0 Å². The fourth-order valence-electron chi connectivity index (χ4n) is 4.89. The lowest BCUT2D eigenvalue weighted by molar-refractivity contribution is 0.242. The van der Waals surface area contributed by atoms with Crippen molar-refractivity contribution in [1.29, 1.82) is 5.26 Å². The van der Waals surface area contributed by atoms with Crippen molar-refractivity contribution in [3.8, 4) is 17.2 Å². The summed E-state index contributed by atoms with van der Waals surface area (Å²) in [4.78, 5) is 19.9. The van der Waals surface area contributed by atoms with Gasteiger partial charge in [-0.15, -0.1) is 0 Å². The number of benzene rings is 2. The van der Waals surface area contributed by atoms with E-state index >= 15 is 0 Å². The smallest absolute Gasteiger partial charge is 0.322 e. The average Bonchev–Trinajstić information content (AvgIpc) is 3.32. The lowest BCUT2D eigenvalue weighted by atomic mass is 10.0. The molecule has 206 valence electrons. The van der Waals surface area contributed by atoms with Crippen LogP contribution in [0.1, 0.15) is 55.2 Å². The molecule has 0 aliphatic heterocycles. The monoisotopic (exact) mass is 536 g/mol. The topological polar surface area (TPSA) is 107 Å². The standard InChI is InChI=1S/C32H36N6O2/c1-4-9-28(12-8-19-34-30-18-13-26(20-33)22-35-30)38(32(39)36-21-25-10-6-5-7-11-25)29-16-14-27(15-17-29)31-23(2)37-40-24(31)3/h5-7,10-11,13-18,22,28H,4,8-9,12,19,21H2,1-3H3,(H,34,35)(H,36,39)/t28-/m1/s1. The van der Waals surface area contributed by atoms with Crippen LogP contribution in [0.2, 0.25) is 0 Å². The molecule has 0 aliphatic rings. The molecule has 0 spiro atoms. The minimum atomic E-state index is -0.117. The maximum Gasteiger partial charge on any atom is 0.322 e. The number of pyridine rings is 1. The van der Waals surface area contributed by atoms with Gasteiger partial charge in [-0.1, -0.05) is 61.0 Å². The molecule has 2 N–H and O–H groups in total. The third-order valence-corrected chi connectivity index (χ3v) is 6.87. The van der Waals surface area contributed by atoms with Crippen molar-refractivity contribution in [3.05, 3.63) is 95.5 Å². The van der Waals surface area contributed by atoms with Crippen molar-refractivity contribution in [2.75, 3.05) is 16.8 Å². The highest BCUT2D eigenvalue weighted by atomic mass is 16.5. The van der Waals surface area contributed by atoms with Crippen LogP contribution in [-0.4, -0.2) is 28.8 Å². The van der Waals surface area contributed by atoms with Gasteiger partial charge in [-0.05, 0) is 68.5 Å². The van der Waals surface area contributed by atoms with Crippen molar-refractivity contribution in [3.63, 3.8) is 0 Å². The van der Waals surface area contributed by atoms with Crippen LogP contribution < -0.4 is 15.5 Å². The molecule has 2 aromatic carbocycles. The van der Waals surface area contributed by atoms with E-state index in [1.54, 1.807) is 12.3 Å². The predicted octanol–water partition coefficient (Wildman–Crippen LogP) is 7.00. The molecule has 0 aliphatic carbocycles. The number of nitriles is 1. The minimum Gasteiger partial charge on any atom is -0.370 e. The Morgan fingerprint density at radius 3 is 2.45 bits per heavy atom. The number of carbonyl (C=O) groups is 1. The van der Waals surface area contributed by atoms with Crippen molar-refractivity contribution < 1.29 is 9.32 Å². The van der Waals surface area contributed by atoms with E-state index in [-0.39, 0.29) is 12.1 Å². The third kappa shape index (κ3) is 7.26. The highest BCUT2D eigenvalue weighted by Crippen LogP contribution is 2.30. The molecule has 0 saturated carbocycles. The number of hydrogen-bond acceptors (Lipinski definition) is 6. The number of hydrogen-bond donors (Lipinski definition) is 2. The molecule has 40 heavy (non-hydrogen) atoms.